The highest BCUT2D eigenvalue weighted by Crippen LogP contribution is 2.35. The third kappa shape index (κ3) is 3.53. The summed E-state index contributed by atoms with van der Waals surface area (Å²) in [7, 11) is 1.74. The van der Waals surface area contributed by atoms with Crippen LogP contribution in [0.3, 0.4) is 0 Å². The fraction of sp³-hybridized carbons (Fsp3) is 0.571. The average Bonchev–Trinajstić information content (AvgIpc) is 3.09. The van der Waals surface area contributed by atoms with Crippen LogP contribution >= 0.6 is 12.4 Å². The van der Waals surface area contributed by atoms with Crippen LogP contribution in [0.4, 0.5) is 5.69 Å². The standard InChI is InChI=1S/C14H21NO.ClH/c1-10(2)14-12(15-9-11-7-8-11)5-4-6-13(14)16-3;/h4-6,10-11,15H,7-9H2,1-3H3;1H. The van der Waals surface area contributed by atoms with E-state index in [4.69, 9.17) is 4.74 Å². The van der Waals surface area contributed by atoms with Gasteiger partial charge in [-0.25, -0.2) is 0 Å². The molecule has 1 saturated carbocycles. The number of hydrogen-bond donors (Lipinski definition) is 1. The first-order valence-corrected chi connectivity index (χ1v) is 6.13. The number of anilines is 1. The molecule has 0 atom stereocenters. The first-order chi connectivity index (χ1) is 7.72. The van der Waals surface area contributed by atoms with Crippen molar-refractivity contribution in [3.8, 4) is 5.75 Å². The molecule has 1 aliphatic carbocycles. The number of ether oxygens (including phenoxy) is 1. The van der Waals surface area contributed by atoms with Crippen molar-refractivity contribution in [2.24, 2.45) is 5.92 Å². The lowest BCUT2D eigenvalue weighted by Gasteiger charge is -2.17. The predicted molar refractivity (Wildman–Crippen MR) is 75.5 cm³/mol. The SMILES string of the molecule is COc1cccc(NCC2CC2)c1C(C)C.Cl. The molecule has 0 heterocycles. The summed E-state index contributed by atoms with van der Waals surface area (Å²) in [6.07, 6.45) is 2.77. The van der Waals surface area contributed by atoms with Gasteiger partial charge in [0, 0.05) is 17.8 Å². The van der Waals surface area contributed by atoms with Crippen molar-refractivity contribution in [3.63, 3.8) is 0 Å². The third-order valence-electron chi connectivity index (χ3n) is 3.14. The molecule has 96 valence electrons. The van der Waals surface area contributed by atoms with Crippen molar-refractivity contribution < 1.29 is 4.74 Å². The van der Waals surface area contributed by atoms with Crippen LogP contribution in [0.1, 0.15) is 38.2 Å². The summed E-state index contributed by atoms with van der Waals surface area (Å²) in [6, 6.07) is 6.25. The van der Waals surface area contributed by atoms with Crippen molar-refractivity contribution in [1.29, 1.82) is 0 Å². The molecule has 3 heteroatoms. The van der Waals surface area contributed by atoms with Gasteiger partial charge in [-0.3, -0.25) is 0 Å². The first-order valence-electron chi connectivity index (χ1n) is 6.13. The van der Waals surface area contributed by atoms with Crippen molar-refractivity contribution in [2.45, 2.75) is 32.6 Å². The Hall–Kier alpha value is -0.890. The highest BCUT2D eigenvalue weighted by Gasteiger charge is 2.21. The van der Waals surface area contributed by atoms with Crippen LogP contribution in [-0.2, 0) is 0 Å². The summed E-state index contributed by atoms with van der Waals surface area (Å²) in [6.45, 7) is 5.52. The Morgan fingerprint density at radius 2 is 2.06 bits per heavy atom. The Labute approximate surface area is 110 Å². The van der Waals surface area contributed by atoms with E-state index >= 15 is 0 Å². The van der Waals surface area contributed by atoms with Crippen LogP contribution in [-0.4, -0.2) is 13.7 Å². The average molecular weight is 256 g/mol. The molecule has 0 amide bonds. The molecule has 0 aliphatic heterocycles. The lowest BCUT2D eigenvalue weighted by atomic mass is 9.99. The predicted octanol–water partition coefficient (Wildman–Crippen LogP) is 4.06. The van der Waals surface area contributed by atoms with Crippen LogP contribution in [0, 0.1) is 5.92 Å². The van der Waals surface area contributed by atoms with Crippen LogP contribution in [0.15, 0.2) is 18.2 Å². The first kappa shape index (κ1) is 14.2. The zero-order valence-electron chi connectivity index (χ0n) is 10.8. The summed E-state index contributed by atoms with van der Waals surface area (Å²) in [5.41, 5.74) is 2.53. The van der Waals surface area contributed by atoms with E-state index in [1.807, 2.05) is 6.07 Å². The number of halogens is 1. The Morgan fingerprint density at radius 3 is 2.59 bits per heavy atom. The number of rotatable bonds is 5. The van der Waals surface area contributed by atoms with Crippen molar-refractivity contribution in [1.82, 2.24) is 0 Å². The lowest BCUT2D eigenvalue weighted by Crippen LogP contribution is -2.07. The molecule has 17 heavy (non-hydrogen) atoms. The molecule has 0 spiro atoms. The Morgan fingerprint density at radius 1 is 1.35 bits per heavy atom. The van der Waals surface area contributed by atoms with E-state index in [0.717, 1.165) is 18.2 Å². The van der Waals surface area contributed by atoms with E-state index in [0.29, 0.717) is 5.92 Å². The molecule has 0 unspecified atom stereocenters. The van der Waals surface area contributed by atoms with E-state index in [1.54, 1.807) is 7.11 Å². The van der Waals surface area contributed by atoms with Gasteiger partial charge in [-0.05, 0) is 36.8 Å². The molecule has 0 bridgehead atoms. The van der Waals surface area contributed by atoms with Crippen LogP contribution in [0.25, 0.3) is 0 Å². The summed E-state index contributed by atoms with van der Waals surface area (Å²) >= 11 is 0. The van der Waals surface area contributed by atoms with Gasteiger partial charge in [0.15, 0.2) is 0 Å². The topological polar surface area (TPSA) is 21.3 Å². The number of hydrogen-bond acceptors (Lipinski definition) is 2. The highest BCUT2D eigenvalue weighted by molar-refractivity contribution is 5.85. The van der Waals surface area contributed by atoms with Gasteiger partial charge in [0.25, 0.3) is 0 Å². The van der Waals surface area contributed by atoms with E-state index in [1.165, 1.54) is 24.1 Å². The molecular weight excluding hydrogens is 234 g/mol. The number of nitrogens with one attached hydrogen (secondary N) is 1. The lowest BCUT2D eigenvalue weighted by molar-refractivity contribution is 0.408. The Kier molecular flexibility index (Phi) is 5.13. The molecule has 1 aromatic carbocycles. The second-order valence-corrected chi connectivity index (χ2v) is 4.90. The molecule has 1 fully saturated rings. The van der Waals surface area contributed by atoms with Crippen molar-refractivity contribution in [2.75, 3.05) is 19.0 Å². The molecule has 1 aromatic rings. The smallest absolute Gasteiger partial charge is 0.124 e. The normalized spacial score (nSPS) is 14.4. The fourth-order valence-corrected chi connectivity index (χ4v) is 2.05. The quantitative estimate of drug-likeness (QED) is 0.857. The minimum Gasteiger partial charge on any atom is -0.496 e. The Balaban J connectivity index is 0.00000144. The summed E-state index contributed by atoms with van der Waals surface area (Å²) in [5.74, 6) is 2.37. The molecule has 0 radical (unpaired) electrons. The van der Waals surface area contributed by atoms with Crippen LogP contribution in [0.5, 0.6) is 5.75 Å². The third-order valence-corrected chi connectivity index (χ3v) is 3.14. The van der Waals surface area contributed by atoms with Crippen LogP contribution < -0.4 is 10.1 Å². The molecule has 0 aromatic heterocycles. The van der Waals surface area contributed by atoms with Gasteiger partial charge in [0.2, 0.25) is 0 Å². The number of methoxy groups -OCH3 is 1. The fourth-order valence-electron chi connectivity index (χ4n) is 2.05. The summed E-state index contributed by atoms with van der Waals surface area (Å²) in [4.78, 5) is 0. The van der Waals surface area contributed by atoms with Gasteiger partial charge in [-0.2, -0.15) is 0 Å². The molecule has 1 N–H and O–H groups in total. The van der Waals surface area contributed by atoms with Gasteiger partial charge in [0.05, 0.1) is 7.11 Å². The molecule has 2 rings (SSSR count). The van der Waals surface area contributed by atoms with E-state index in [-0.39, 0.29) is 12.4 Å². The second-order valence-electron chi connectivity index (χ2n) is 4.90. The van der Waals surface area contributed by atoms with E-state index in [9.17, 15) is 0 Å². The van der Waals surface area contributed by atoms with Gasteiger partial charge in [-0.15, -0.1) is 12.4 Å². The Bertz CT molecular complexity index is 361. The highest BCUT2D eigenvalue weighted by atomic mass is 35.5. The number of benzene rings is 1. The maximum atomic E-state index is 5.43. The minimum absolute atomic E-state index is 0. The largest absolute Gasteiger partial charge is 0.496 e. The van der Waals surface area contributed by atoms with Gasteiger partial charge in [0.1, 0.15) is 5.75 Å². The maximum absolute atomic E-state index is 5.43. The molecular formula is C14H22ClNO. The minimum atomic E-state index is 0. The molecule has 1 aliphatic rings. The zero-order chi connectivity index (χ0) is 11.5. The van der Waals surface area contributed by atoms with Crippen molar-refractivity contribution >= 4 is 18.1 Å². The monoisotopic (exact) mass is 255 g/mol. The van der Waals surface area contributed by atoms with E-state index in [2.05, 4.69) is 31.3 Å². The van der Waals surface area contributed by atoms with Crippen molar-refractivity contribution in [3.05, 3.63) is 23.8 Å². The maximum Gasteiger partial charge on any atom is 0.124 e. The van der Waals surface area contributed by atoms with Gasteiger partial charge >= 0.3 is 0 Å². The summed E-state index contributed by atoms with van der Waals surface area (Å²) < 4.78 is 5.43. The zero-order valence-corrected chi connectivity index (χ0v) is 11.6. The van der Waals surface area contributed by atoms with Gasteiger partial charge in [-0.1, -0.05) is 19.9 Å². The molecule has 2 nitrogen and oxygen atoms in total. The molecule has 0 saturated heterocycles. The second kappa shape index (κ2) is 6.15. The van der Waals surface area contributed by atoms with Gasteiger partial charge < -0.3 is 10.1 Å². The van der Waals surface area contributed by atoms with E-state index < -0.39 is 0 Å². The van der Waals surface area contributed by atoms with Crippen LogP contribution in [0.2, 0.25) is 0 Å². The summed E-state index contributed by atoms with van der Waals surface area (Å²) in [5, 5.41) is 3.55.